The van der Waals surface area contributed by atoms with Crippen LogP contribution in [0.3, 0.4) is 0 Å². The summed E-state index contributed by atoms with van der Waals surface area (Å²) in [6.45, 7) is 4.51. The van der Waals surface area contributed by atoms with Crippen molar-refractivity contribution in [3.8, 4) is 0 Å². The summed E-state index contributed by atoms with van der Waals surface area (Å²) in [6.07, 6.45) is -0.597. The number of aromatic nitrogens is 2. The van der Waals surface area contributed by atoms with Gasteiger partial charge in [-0.25, -0.2) is 0 Å². The first kappa shape index (κ1) is 15.6. The molecule has 0 aliphatic heterocycles. The number of likely N-dealkylation sites (N-methyl/N-ethyl adjacent to an activating group) is 1. The number of aryl methyl sites for hydroxylation is 2. The minimum atomic E-state index is -0.597. The van der Waals surface area contributed by atoms with Gasteiger partial charge in [-0.1, -0.05) is 0 Å². The fourth-order valence-corrected chi connectivity index (χ4v) is 1.83. The number of H-pyrrole nitrogens is 1. The molecule has 1 aromatic heterocycles. The quantitative estimate of drug-likeness (QED) is 0.644. The Morgan fingerprint density at radius 2 is 2.26 bits per heavy atom. The van der Waals surface area contributed by atoms with Crippen LogP contribution in [-0.2, 0) is 9.53 Å². The van der Waals surface area contributed by atoms with Gasteiger partial charge in [-0.05, 0) is 20.9 Å². The van der Waals surface area contributed by atoms with E-state index in [0.717, 1.165) is 17.1 Å². The summed E-state index contributed by atoms with van der Waals surface area (Å²) in [5, 5.41) is 19.2. The van der Waals surface area contributed by atoms with Crippen LogP contribution in [0.2, 0.25) is 0 Å². The van der Waals surface area contributed by atoms with Crippen molar-refractivity contribution in [2.45, 2.75) is 20.0 Å². The molecular formula is C12H22N4O3. The van der Waals surface area contributed by atoms with E-state index in [-0.39, 0.29) is 19.1 Å². The summed E-state index contributed by atoms with van der Waals surface area (Å²) >= 11 is 0. The molecule has 0 aliphatic carbocycles. The number of nitrogens with zero attached hydrogens (tertiary/aromatic N) is 2. The summed E-state index contributed by atoms with van der Waals surface area (Å²) in [5.74, 6) is -0.139. The van der Waals surface area contributed by atoms with Crippen LogP contribution in [0.15, 0.2) is 0 Å². The number of methoxy groups -OCH3 is 1. The van der Waals surface area contributed by atoms with Gasteiger partial charge in [-0.2, -0.15) is 5.10 Å². The molecule has 3 N–H and O–H groups in total. The molecule has 0 saturated carbocycles. The maximum absolute atomic E-state index is 11.9. The van der Waals surface area contributed by atoms with Crippen LogP contribution in [0.25, 0.3) is 0 Å². The van der Waals surface area contributed by atoms with E-state index in [9.17, 15) is 9.90 Å². The first-order valence-corrected chi connectivity index (χ1v) is 6.11. The Morgan fingerprint density at radius 3 is 2.79 bits per heavy atom. The number of hydrogen-bond acceptors (Lipinski definition) is 5. The lowest BCUT2D eigenvalue weighted by molar-refractivity contribution is -0.117. The molecule has 1 amide bonds. The highest BCUT2D eigenvalue weighted by molar-refractivity contribution is 5.93. The van der Waals surface area contributed by atoms with Crippen molar-refractivity contribution in [3.63, 3.8) is 0 Å². The molecule has 0 bridgehead atoms. The highest BCUT2D eigenvalue weighted by Crippen LogP contribution is 2.15. The second kappa shape index (κ2) is 7.22. The van der Waals surface area contributed by atoms with Gasteiger partial charge in [-0.15, -0.1) is 0 Å². The van der Waals surface area contributed by atoms with Crippen molar-refractivity contribution >= 4 is 11.6 Å². The van der Waals surface area contributed by atoms with Crippen LogP contribution in [0.4, 0.5) is 5.69 Å². The lowest BCUT2D eigenvalue weighted by Crippen LogP contribution is -2.37. The number of aromatic amines is 1. The number of aliphatic hydroxyl groups is 1. The Balaban J connectivity index is 2.43. The van der Waals surface area contributed by atoms with Crippen LogP contribution in [-0.4, -0.2) is 66.1 Å². The van der Waals surface area contributed by atoms with Gasteiger partial charge >= 0.3 is 0 Å². The van der Waals surface area contributed by atoms with Gasteiger partial charge in [-0.3, -0.25) is 14.8 Å². The summed E-state index contributed by atoms with van der Waals surface area (Å²) in [7, 11) is 3.30. The molecule has 1 aromatic rings. The SMILES string of the molecule is COCC(O)CN(C)CC(=O)Nc1c(C)n[nH]c1C. The topological polar surface area (TPSA) is 90.5 Å². The standard InChI is InChI=1S/C12H22N4O3/c1-8-12(9(2)15-14-8)13-11(18)6-16(3)5-10(17)7-19-4/h10,17H,5-7H2,1-4H3,(H,13,18)(H,14,15). The Bertz CT molecular complexity index is 400. The van der Waals surface area contributed by atoms with Gasteiger partial charge in [0.15, 0.2) is 0 Å². The zero-order chi connectivity index (χ0) is 14.4. The molecule has 1 unspecified atom stereocenters. The van der Waals surface area contributed by atoms with Crippen molar-refractivity contribution in [3.05, 3.63) is 11.4 Å². The first-order valence-electron chi connectivity index (χ1n) is 6.11. The van der Waals surface area contributed by atoms with E-state index in [1.807, 2.05) is 13.8 Å². The smallest absolute Gasteiger partial charge is 0.238 e. The van der Waals surface area contributed by atoms with Crippen molar-refractivity contribution in [1.82, 2.24) is 15.1 Å². The molecule has 7 heteroatoms. The number of carbonyl (C=O) groups is 1. The zero-order valence-corrected chi connectivity index (χ0v) is 11.9. The molecule has 1 heterocycles. The van der Waals surface area contributed by atoms with Gasteiger partial charge in [0, 0.05) is 13.7 Å². The predicted molar refractivity (Wildman–Crippen MR) is 72.1 cm³/mol. The Hall–Kier alpha value is -1.44. The van der Waals surface area contributed by atoms with Crippen LogP contribution in [0.5, 0.6) is 0 Å². The predicted octanol–water partition coefficient (Wildman–Crippen LogP) is -0.0959. The van der Waals surface area contributed by atoms with Gasteiger partial charge in [0.25, 0.3) is 0 Å². The van der Waals surface area contributed by atoms with Gasteiger partial charge < -0.3 is 15.2 Å². The third kappa shape index (κ3) is 4.98. The van der Waals surface area contributed by atoms with Crippen LogP contribution >= 0.6 is 0 Å². The van der Waals surface area contributed by atoms with E-state index < -0.39 is 6.10 Å². The maximum atomic E-state index is 11.9. The normalized spacial score (nSPS) is 12.7. The molecule has 108 valence electrons. The largest absolute Gasteiger partial charge is 0.389 e. The lowest BCUT2D eigenvalue weighted by atomic mass is 10.3. The van der Waals surface area contributed by atoms with E-state index in [0.29, 0.717) is 6.54 Å². The second-order valence-corrected chi connectivity index (χ2v) is 4.66. The number of ether oxygens (including phenoxy) is 1. The summed E-state index contributed by atoms with van der Waals surface area (Å²) in [6, 6.07) is 0. The molecule has 0 aliphatic rings. The summed E-state index contributed by atoms with van der Waals surface area (Å²) in [4.78, 5) is 13.6. The molecule has 1 rings (SSSR count). The number of nitrogens with one attached hydrogen (secondary N) is 2. The molecule has 19 heavy (non-hydrogen) atoms. The number of amides is 1. The molecule has 0 saturated heterocycles. The van der Waals surface area contributed by atoms with E-state index in [1.165, 1.54) is 7.11 Å². The molecule has 7 nitrogen and oxygen atoms in total. The Kier molecular flexibility index (Phi) is 5.94. The number of rotatable bonds is 7. The number of carbonyl (C=O) groups excluding carboxylic acids is 1. The fourth-order valence-electron chi connectivity index (χ4n) is 1.83. The molecule has 1 atom stereocenters. The third-order valence-electron chi connectivity index (χ3n) is 2.69. The van der Waals surface area contributed by atoms with Crippen LogP contribution < -0.4 is 5.32 Å². The molecule has 0 spiro atoms. The highest BCUT2D eigenvalue weighted by Gasteiger charge is 2.14. The highest BCUT2D eigenvalue weighted by atomic mass is 16.5. The maximum Gasteiger partial charge on any atom is 0.238 e. The van der Waals surface area contributed by atoms with E-state index in [2.05, 4.69) is 15.5 Å². The lowest BCUT2D eigenvalue weighted by Gasteiger charge is -2.19. The summed E-state index contributed by atoms with van der Waals surface area (Å²) in [5.41, 5.74) is 2.30. The van der Waals surface area contributed by atoms with Gasteiger partial charge in [0.05, 0.1) is 36.3 Å². The summed E-state index contributed by atoms with van der Waals surface area (Å²) < 4.78 is 4.84. The first-order chi connectivity index (χ1) is 8.93. The van der Waals surface area contributed by atoms with Crippen molar-refractivity contribution in [2.75, 3.05) is 39.2 Å². The molecule has 0 aromatic carbocycles. The van der Waals surface area contributed by atoms with E-state index in [1.54, 1.807) is 11.9 Å². The van der Waals surface area contributed by atoms with E-state index in [4.69, 9.17) is 4.74 Å². The average molecular weight is 270 g/mol. The second-order valence-electron chi connectivity index (χ2n) is 4.66. The molecular weight excluding hydrogens is 248 g/mol. The Labute approximate surface area is 112 Å². The monoisotopic (exact) mass is 270 g/mol. The van der Waals surface area contributed by atoms with Crippen molar-refractivity contribution < 1.29 is 14.6 Å². The van der Waals surface area contributed by atoms with Crippen molar-refractivity contribution in [2.24, 2.45) is 0 Å². The van der Waals surface area contributed by atoms with Crippen LogP contribution in [0.1, 0.15) is 11.4 Å². The third-order valence-corrected chi connectivity index (χ3v) is 2.69. The molecule has 0 fully saturated rings. The number of hydrogen-bond donors (Lipinski definition) is 3. The van der Waals surface area contributed by atoms with Crippen molar-refractivity contribution in [1.29, 1.82) is 0 Å². The van der Waals surface area contributed by atoms with Gasteiger partial charge in [0.2, 0.25) is 5.91 Å². The fraction of sp³-hybridized carbons (Fsp3) is 0.667. The minimum Gasteiger partial charge on any atom is -0.389 e. The Morgan fingerprint density at radius 1 is 1.58 bits per heavy atom. The zero-order valence-electron chi connectivity index (χ0n) is 11.9. The number of aliphatic hydroxyl groups excluding tert-OH is 1. The van der Waals surface area contributed by atoms with Crippen LogP contribution in [0, 0.1) is 13.8 Å². The van der Waals surface area contributed by atoms with E-state index >= 15 is 0 Å². The number of anilines is 1. The average Bonchev–Trinajstić information content (AvgIpc) is 2.60. The molecule has 0 radical (unpaired) electrons. The van der Waals surface area contributed by atoms with Gasteiger partial charge in [0.1, 0.15) is 0 Å². The minimum absolute atomic E-state index is 0.139.